The molecule has 3 rings (SSSR count). The smallest absolute Gasteiger partial charge is 0.251 e. The molecule has 0 saturated heterocycles. The quantitative estimate of drug-likeness (QED) is 0.106. The van der Waals surface area contributed by atoms with Crippen LogP contribution in [0.5, 0.6) is 5.75 Å². The third kappa shape index (κ3) is 8.34. The Morgan fingerprint density at radius 3 is 2.46 bits per heavy atom. The molecule has 0 bridgehead atoms. The molecule has 0 aliphatic carbocycles. The summed E-state index contributed by atoms with van der Waals surface area (Å²) in [6.45, 7) is 4.65. The van der Waals surface area contributed by atoms with Crippen LogP contribution in [0.2, 0.25) is 0 Å². The lowest BCUT2D eigenvalue weighted by molar-refractivity contribution is -0.112. The van der Waals surface area contributed by atoms with Crippen molar-refractivity contribution in [3.05, 3.63) is 83.9 Å². The topological polar surface area (TPSA) is 110 Å². The summed E-state index contributed by atoms with van der Waals surface area (Å²) in [5, 5.41) is 27.7. The fourth-order valence-electron chi connectivity index (χ4n) is 3.50. The Bertz CT molecular complexity index is 1240. The van der Waals surface area contributed by atoms with E-state index in [9.17, 15) is 4.79 Å². The highest BCUT2D eigenvalue weighted by molar-refractivity contribution is 8.13. The van der Waals surface area contributed by atoms with Crippen LogP contribution in [0, 0.1) is 10.8 Å². The Morgan fingerprint density at radius 2 is 1.81 bits per heavy atom. The Hall–Kier alpha value is -3.88. The van der Waals surface area contributed by atoms with Crippen molar-refractivity contribution in [1.82, 2.24) is 4.90 Å². The van der Waals surface area contributed by atoms with Gasteiger partial charge in [0.05, 0.1) is 12.9 Å². The van der Waals surface area contributed by atoms with Crippen LogP contribution in [0.15, 0.2) is 83.3 Å². The highest BCUT2D eigenvalue weighted by Crippen LogP contribution is 2.25. The fourth-order valence-corrected chi connectivity index (χ4v) is 4.26. The highest BCUT2D eigenvalue weighted by atomic mass is 32.2. The second kappa shape index (κ2) is 14.0. The number of amidine groups is 1. The largest absolute Gasteiger partial charge is 0.491 e. The van der Waals surface area contributed by atoms with Gasteiger partial charge in [0.1, 0.15) is 12.4 Å². The zero-order valence-electron chi connectivity index (χ0n) is 21.0. The van der Waals surface area contributed by atoms with Crippen LogP contribution in [-0.2, 0) is 4.79 Å². The van der Waals surface area contributed by atoms with Gasteiger partial charge in [0.15, 0.2) is 5.17 Å². The van der Waals surface area contributed by atoms with Crippen LogP contribution in [-0.4, -0.2) is 47.2 Å². The first kappa shape index (κ1) is 27.7. The molecular formula is C29H32N4O3S. The molecule has 0 radical (unpaired) electrons. The van der Waals surface area contributed by atoms with Crippen LogP contribution in [0.3, 0.4) is 0 Å². The molecule has 0 heterocycles. The van der Waals surface area contributed by atoms with Gasteiger partial charge in [-0.3, -0.25) is 15.6 Å². The molecule has 3 aromatic carbocycles. The second-order valence-corrected chi connectivity index (χ2v) is 9.32. The van der Waals surface area contributed by atoms with Gasteiger partial charge in [-0.2, -0.15) is 0 Å². The van der Waals surface area contributed by atoms with E-state index < -0.39 is 0 Å². The normalized spacial score (nSPS) is 11.1. The van der Waals surface area contributed by atoms with Crippen molar-refractivity contribution in [3.8, 4) is 16.9 Å². The zero-order valence-corrected chi connectivity index (χ0v) is 21.8. The standard InChI is InChI=1S/C29H32N4O3S/c1-3-15-33(20-30)29(31)37-27-13-9-25(10-14-27)32-28(35)21(2)18-22-5-4-6-24(19-22)23-7-11-26(12-8-23)36-17-16-34/h4-14,18-20,30-31,34H,3,15-17H2,1-2H3,(H,32,35)/b21-18+,30-20?,31-29?. The summed E-state index contributed by atoms with van der Waals surface area (Å²) in [6, 6.07) is 22.9. The van der Waals surface area contributed by atoms with E-state index in [1.807, 2.05) is 85.8 Å². The molecule has 0 saturated carbocycles. The summed E-state index contributed by atoms with van der Waals surface area (Å²) in [6.07, 6.45) is 3.88. The molecule has 1 amide bonds. The summed E-state index contributed by atoms with van der Waals surface area (Å²) in [7, 11) is 0. The maximum atomic E-state index is 12.8. The van der Waals surface area contributed by atoms with Crippen molar-refractivity contribution in [1.29, 1.82) is 10.8 Å². The van der Waals surface area contributed by atoms with E-state index in [-0.39, 0.29) is 19.1 Å². The lowest BCUT2D eigenvalue weighted by Gasteiger charge is -2.18. The van der Waals surface area contributed by atoms with E-state index in [1.165, 1.54) is 18.1 Å². The van der Waals surface area contributed by atoms with Crippen molar-refractivity contribution < 1.29 is 14.6 Å². The summed E-state index contributed by atoms with van der Waals surface area (Å²) < 4.78 is 5.42. The van der Waals surface area contributed by atoms with Crippen molar-refractivity contribution in [2.24, 2.45) is 0 Å². The molecule has 8 heteroatoms. The van der Waals surface area contributed by atoms with Crippen molar-refractivity contribution in [2.75, 3.05) is 25.1 Å². The molecule has 0 fully saturated rings. The predicted octanol–water partition coefficient (Wildman–Crippen LogP) is 6.11. The Kier molecular flexibility index (Phi) is 10.5. The van der Waals surface area contributed by atoms with E-state index in [1.54, 1.807) is 11.8 Å². The number of aliphatic hydroxyl groups excluding tert-OH is 1. The number of hydrogen-bond acceptors (Lipinski definition) is 6. The molecular weight excluding hydrogens is 484 g/mol. The summed E-state index contributed by atoms with van der Waals surface area (Å²) >= 11 is 1.27. The molecule has 0 atom stereocenters. The van der Waals surface area contributed by atoms with Gasteiger partial charge in [-0.15, -0.1) is 0 Å². The first-order chi connectivity index (χ1) is 17.9. The van der Waals surface area contributed by atoms with Gasteiger partial charge in [-0.1, -0.05) is 49.0 Å². The first-order valence-corrected chi connectivity index (χ1v) is 12.8. The minimum atomic E-state index is -0.193. The second-order valence-electron chi connectivity index (χ2n) is 8.26. The maximum Gasteiger partial charge on any atom is 0.251 e. The van der Waals surface area contributed by atoms with Gasteiger partial charge in [0.2, 0.25) is 0 Å². The number of rotatable bonds is 11. The lowest BCUT2D eigenvalue weighted by atomic mass is 10.0. The van der Waals surface area contributed by atoms with Crippen LogP contribution in [0.1, 0.15) is 25.8 Å². The molecule has 0 spiro atoms. The van der Waals surface area contributed by atoms with Crippen LogP contribution in [0.4, 0.5) is 5.69 Å². The average Bonchev–Trinajstić information content (AvgIpc) is 2.92. The van der Waals surface area contributed by atoms with Crippen LogP contribution in [0.25, 0.3) is 17.2 Å². The van der Waals surface area contributed by atoms with Gasteiger partial charge in [-0.25, -0.2) is 0 Å². The number of hydrogen-bond donors (Lipinski definition) is 4. The third-order valence-corrected chi connectivity index (χ3v) is 6.32. The van der Waals surface area contributed by atoms with Gasteiger partial charge in [0.25, 0.3) is 5.91 Å². The number of carbonyl (C=O) groups is 1. The monoisotopic (exact) mass is 516 g/mol. The van der Waals surface area contributed by atoms with Crippen molar-refractivity contribution in [3.63, 3.8) is 0 Å². The molecule has 4 N–H and O–H groups in total. The van der Waals surface area contributed by atoms with Gasteiger partial charge >= 0.3 is 0 Å². The Labute approximate surface area is 222 Å². The minimum absolute atomic E-state index is 0.0245. The van der Waals surface area contributed by atoms with E-state index in [0.717, 1.165) is 28.0 Å². The SMILES string of the molecule is CCCN(C=N)C(=N)Sc1ccc(NC(=O)/C(C)=C/c2cccc(-c3ccc(OCCO)cc3)c2)cc1. The van der Waals surface area contributed by atoms with Gasteiger partial charge in [-0.05, 0) is 78.6 Å². The van der Waals surface area contributed by atoms with E-state index in [0.29, 0.717) is 28.7 Å². The summed E-state index contributed by atoms with van der Waals surface area (Å²) in [4.78, 5) is 15.2. The maximum absolute atomic E-state index is 12.8. The molecule has 0 unspecified atom stereocenters. The van der Waals surface area contributed by atoms with Crippen molar-refractivity contribution in [2.45, 2.75) is 25.2 Å². The Morgan fingerprint density at radius 1 is 1.08 bits per heavy atom. The van der Waals surface area contributed by atoms with E-state index in [4.69, 9.17) is 20.7 Å². The third-order valence-electron chi connectivity index (χ3n) is 5.38. The first-order valence-electron chi connectivity index (χ1n) is 12.0. The molecule has 0 aliphatic heterocycles. The van der Waals surface area contributed by atoms with Gasteiger partial charge in [0, 0.05) is 22.7 Å². The predicted molar refractivity (Wildman–Crippen MR) is 153 cm³/mol. The number of ether oxygens (including phenoxy) is 1. The molecule has 0 aromatic heterocycles. The van der Waals surface area contributed by atoms with Crippen LogP contribution >= 0.6 is 11.8 Å². The molecule has 0 aliphatic rings. The number of thioether (sulfide) groups is 1. The fraction of sp³-hybridized carbons (Fsp3) is 0.207. The number of nitrogens with zero attached hydrogens (tertiary/aromatic N) is 1. The number of benzene rings is 3. The van der Waals surface area contributed by atoms with Crippen molar-refractivity contribution >= 4 is 40.9 Å². The highest BCUT2D eigenvalue weighted by Gasteiger charge is 2.10. The molecule has 192 valence electrons. The molecule has 3 aromatic rings. The minimum Gasteiger partial charge on any atom is -0.491 e. The lowest BCUT2D eigenvalue weighted by Crippen LogP contribution is -2.26. The van der Waals surface area contributed by atoms with Crippen LogP contribution < -0.4 is 10.1 Å². The number of amides is 1. The average molecular weight is 517 g/mol. The molecule has 7 nitrogen and oxygen atoms in total. The number of anilines is 1. The molecule has 37 heavy (non-hydrogen) atoms. The number of aliphatic hydroxyl groups is 1. The van der Waals surface area contributed by atoms with Gasteiger partial charge < -0.3 is 20.1 Å². The summed E-state index contributed by atoms with van der Waals surface area (Å²) in [5.41, 5.74) is 4.21. The summed E-state index contributed by atoms with van der Waals surface area (Å²) in [5.74, 6) is 0.512. The Balaban J connectivity index is 1.62. The number of carbonyl (C=O) groups excluding carboxylic acids is 1. The van der Waals surface area contributed by atoms with E-state index >= 15 is 0 Å². The zero-order chi connectivity index (χ0) is 26.6. The van der Waals surface area contributed by atoms with E-state index in [2.05, 4.69) is 5.32 Å². The number of nitrogens with one attached hydrogen (secondary N) is 3.